The molecule has 30 heavy (non-hydrogen) atoms. The third-order valence-corrected chi connectivity index (χ3v) is 6.81. The molecule has 4 nitrogen and oxygen atoms in total. The molecule has 3 rings (SSSR count). The number of carbonyl (C=O) groups is 1. The van der Waals surface area contributed by atoms with Gasteiger partial charge in [-0.2, -0.15) is 0 Å². The number of aromatic nitrogens is 1. The summed E-state index contributed by atoms with van der Waals surface area (Å²) >= 11 is 3.42. The fraction of sp³-hybridized carbons (Fsp3) is 0.417. The van der Waals surface area contributed by atoms with Crippen LogP contribution < -0.4 is 5.32 Å². The lowest BCUT2D eigenvalue weighted by Crippen LogP contribution is -2.27. The molecule has 1 aromatic carbocycles. The van der Waals surface area contributed by atoms with Gasteiger partial charge in [-0.3, -0.25) is 9.69 Å². The van der Waals surface area contributed by atoms with Crippen LogP contribution in [0.4, 0.5) is 0 Å². The van der Waals surface area contributed by atoms with E-state index in [1.54, 1.807) is 11.3 Å². The van der Waals surface area contributed by atoms with Gasteiger partial charge in [0, 0.05) is 21.7 Å². The van der Waals surface area contributed by atoms with Crippen LogP contribution in [0.25, 0.3) is 0 Å². The maximum absolute atomic E-state index is 12.7. The van der Waals surface area contributed by atoms with Crippen molar-refractivity contribution >= 4 is 28.6 Å². The van der Waals surface area contributed by atoms with E-state index in [2.05, 4.69) is 48.1 Å². The van der Waals surface area contributed by atoms with Crippen LogP contribution >= 0.6 is 22.7 Å². The Bertz CT molecular complexity index is 933. The van der Waals surface area contributed by atoms with Crippen molar-refractivity contribution in [2.45, 2.75) is 53.2 Å². The van der Waals surface area contributed by atoms with Gasteiger partial charge in [-0.05, 0) is 50.4 Å². The van der Waals surface area contributed by atoms with Crippen LogP contribution in [0.1, 0.15) is 64.0 Å². The molecule has 0 unspecified atom stereocenters. The largest absolute Gasteiger partial charge is 0.344 e. The molecule has 1 atom stereocenters. The van der Waals surface area contributed by atoms with Crippen molar-refractivity contribution in [1.82, 2.24) is 15.2 Å². The van der Waals surface area contributed by atoms with Crippen molar-refractivity contribution in [2.24, 2.45) is 5.92 Å². The van der Waals surface area contributed by atoms with Gasteiger partial charge in [0.2, 0.25) is 0 Å². The number of rotatable bonds is 10. The third kappa shape index (κ3) is 6.76. The van der Waals surface area contributed by atoms with Crippen molar-refractivity contribution in [2.75, 3.05) is 6.54 Å². The summed E-state index contributed by atoms with van der Waals surface area (Å²) in [7, 11) is 0. The van der Waals surface area contributed by atoms with Crippen LogP contribution in [0.15, 0.2) is 47.8 Å². The van der Waals surface area contributed by atoms with Gasteiger partial charge < -0.3 is 5.32 Å². The Morgan fingerprint density at radius 1 is 1.10 bits per heavy atom. The summed E-state index contributed by atoms with van der Waals surface area (Å²) in [5, 5.41) is 5.92. The third-order valence-electron chi connectivity index (χ3n) is 4.99. The smallest absolute Gasteiger partial charge is 0.271 e. The monoisotopic (exact) mass is 441 g/mol. The molecular formula is C24H31N3OS2. The van der Waals surface area contributed by atoms with Crippen LogP contribution in [-0.4, -0.2) is 22.3 Å². The molecule has 0 aliphatic carbocycles. The minimum atomic E-state index is -0.114. The lowest BCUT2D eigenvalue weighted by atomic mass is 10.1. The van der Waals surface area contributed by atoms with Crippen LogP contribution in [0.2, 0.25) is 0 Å². The number of benzene rings is 1. The van der Waals surface area contributed by atoms with E-state index in [1.165, 1.54) is 9.75 Å². The normalized spacial score (nSPS) is 12.5. The predicted octanol–water partition coefficient (Wildman–Crippen LogP) is 6.05. The summed E-state index contributed by atoms with van der Waals surface area (Å²) in [6.45, 7) is 11.4. The Morgan fingerprint density at radius 2 is 1.87 bits per heavy atom. The van der Waals surface area contributed by atoms with Crippen LogP contribution in [-0.2, 0) is 13.1 Å². The van der Waals surface area contributed by atoms with E-state index in [-0.39, 0.29) is 11.9 Å². The summed E-state index contributed by atoms with van der Waals surface area (Å²) in [5.74, 6) is 0.547. The molecule has 2 heterocycles. The van der Waals surface area contributed by atoms with E-state index < -0.39 is 0 Å². The van der Waals surface area contributed by atoms with E-state index >= 15 is 0 Å². The minimum Gasteiger partial charge on any atom is -0.344 e. The number of thiophene rings is 1. The number of hydrogen-bond donors (Lipinski definition) is 1. The molecule has 0 saturated carbocycles. The number of thiazole rings is 1. The molecule has 1 amide bonds. The molecule has 0 aliphatic rings. The average Bonchev–Trinajstić information content (AvgIpc) is 3.35. The van der Waals surface area contributed by atoms with E-state index in [0.717, 1.165) is 36.6 Å². The van der Waals surface area contributed by atoms with Gasteiger partial charge in [-0.15, -0.1) is 22.7 Å². The fourth-order valence-electron chi connectivity index (χ4n) is 3.22. The minimum absolute atomic E-state index is 0.0477. The summed E-state index contributed by atoms with van der Waals surface area (Å²) in [6.07, 6.45) is 1.15. The Morgan fingerprint density at radius 3 is 2.53 bits per heavy atom. The van der Waals surface area contributed by atoms with Crippen LogP contribution in [0.3, 0.4) is 0 Å². The summed E-state index contributed by atoms with van der Waals surface area (Å²) in [4.78, 5) is 22.5. The number of hydrogen-bond acceptors (Lipinski definition) is 5. The molecule has 0 aliphatic heterocycles. The number of nitrogens with zero attached hydrogens (tertiary/aromatic N) is 2. The number of carbonyl (C=O) groups excluding carboxylic acids is 1. The Labute approximate surface area is 188 Å². The Kier molecular flexibility index (Phi) is 8.19. The second-order valence-electron chi connectivity index (χ2n) is 8.14. The molecule has 160 valence electrons. The van der Waals surface area contributed by atoms with Gasteiger partial charge in [0.25, 0.3) is 5.91 Å². The quantitative estimate of drug-likeness (QED) is 0.416. The predicted molar refractivity (Wildman–Crippen MR) is 127 cm³/mol. The molecular weight excluding hydrogens is 410 g/mol. The maximum Gasteiger partial charge on any atom is 0.271 e. The number of nitrogens with one attached hydrogen (secondary N) is 1. The second kappa shape index (κ2) is 10.8. The maximum atomic E-state index is 12.7. The summed E-state index contributed by atoms with van der Waals surface area (Å²) in [5.41, 5.74) is 1.60. The first-order valence-electron chi connectivity index (χ1n) is 10.5. The van der Waals surface area contributed by atoms with E-state index in [4.69, 9.17) is 0 Å². The molecule has 0 radical (unpaired) electrons. The van der Waals surface area contributed by atoms with Crippen molar-refractivity contribution in [3.8, 4) is 0 Å². The highest BCUT2D eigenvalue weighted by molar-refractivity contribution is 7.11. The second-order valence-corrected chi connectivity index (χ2v) is 10.5. The first-order chi connectivity index (χ1) is 14.4. The molecule has 6 heteroatoms. The lowest BCUT2D eigenvalue weighted by Gasteiger charge is -2.21. The average molecular weight is 442 g/mol. The molecule has 0 fully saturated rings. The summed E-state index contributed by atoms with van der Waals surface area (Å²) in [6, 6.07) is 14.3. The molecule has 3 aromatic rings. The highest BCUT2D eigenvalue weighted by Crippen LogP contribution is 2.21. The highest BCUT2D eigenvalue weighted by Gasteiger charge is 2.17. The zero-order valence-corrected chi connectivity index (χ0v) is 19.9. The van der Waals surface area contributed by atoms with Gasteiger partial charge >= 0.3 is 0 Å². The van der Waals surface area contributed by atoms with Crippen molar-refractivity contribution < 1.29 is 4.79 Å². The number of aryl methyl sites for hydroxylation is 1. The van der Waals surface area contributed by atoms with E-state index in [1.807, 2.05) is 54.0 Å². The Hall–Kier alpha value is -2.02. The van der Waals surface area contributed by atoms with Gasteiger partial charge in [0.15, 0.2) is 0 Å². The molecule has 0 spiro atoms. The lowest BCUT2D eigenvalue weighted by molar-refractivity contribution is 0.0935. The van der Waals surface area contributed by atoms with Crippen LogP contribution in [0, 0.1) is 12.8 Å². The molecule has 0 saturated heterocycles. The van der Waals surface area contributed by atoms with Gasteiger partial charge in [0.05, 0.1) is 12.6 Å². The standard InChI is InChI=1S/C24H31N3OS2/c1-17(2)12-13-27(14-21-11-10-18(3)30-21)15-23-26-22(16-29-23)24(28)25-19(4)20-8-6-5-7-9-20/h5-11,16-17,19H,12-15H2,1-4H3,(H,25,28)/t19-/m0/s1. The molecule has 1 N–H and O–H groups in total. The first kappa shape index (κ1) is 22.7. The van der Waals surface area contributed by atoms with Crippen molar-refractivity contribution in [3.63, 3.8) is 0 Å². The van der Waals surface area contributed by atoms with E-state index in [0.29, 0.717) is 11.6 Å². The zero-order valence-electron chi connectivity index (χ0n) is 18.2. The van der Waals surface area contributed by atoms with Gasteiger partial charge in [-0.1, -0.05) is 44.2 Å². The van der Waals surface area contributed by atoms with Gasteiger partial charge in [0.1, 0.15) is 10.7 Å². The topological polar surface area (TPSA) is 45.2 Å². The first-order valence-corrected chi connectivity index (χ1v) is 12.2. The van der Waals surface area contributed by atoms with E-state index in [9.17, 15) is 4.79 Å². The molecule has 2 aromatic heterocycles. The SMILES string of the molecule is Cc1ccc(CN(CCC(C)C)Cc2nc(C(=O)N[C@@H](C)c3ccccc3)cs2)s1. The summed E-state index contributed by atoms with van der Waals surface area (Å²) < 4.78 is 0. The fourth-order valence-corrected chi connectivity index (χ4v) is 4.97. The van der Waals surface area contributed by atoms with Crippen molar-refractivity contribution in [3.05, 3.63) is 73.9 Å². The van der Waals surface area contributed by atoms with Crippen molar-refractivity contribution in [1.29, 1.82) is 0 Å². The molecule has 0 bridgehead atoms. The number of amides is 1. The highest BCUT2D eigenvalue weighted by atomic mass is 32.1. The van der Waals surface area contributed by atoms with Crippen LogP contribution in [0.5, 0.6) is 0 Å². The van der Waals surface area contributed by atoms with Gasteiger partial charge in [-0.25, -0.2) is 4.98 Å². The zero-order chi connectivity index (χ0) is 21.5. The Balaban J connectivity index is 1.62.